The molecule has 1 atom stereocenters. The van der Waals surface area contributed by atoms with Gasteiger partial charge in [-0.05, 0) is 42.2 Å². The van der Waals surface area contributed by atoms with Gasteiger partial charge in [-0.2, -0.15) is 5.10 Å². The van der Waals surface area contributed by atoms with Crippen molar-refractivity contribution in [3.8, 4) is 11.3 Å². The Morgan fingerprint density at radius 3 is 2.78 bits per heavy atom. The predicted molar refractivity (Wildman–Crippen MR) is 118 cm³/mol. The van der Waals surface area contributed by atoms with Gasteiger partial charge < -0.3 is 15.6 Å². The highest BCUT2D eigenvalue weighted by Crippen LogP contribution is 2.27. The fourth-order valence-electron chi connectivity index (χ4n) is 3.79. The monoisotopic (exact) mass is 427 g/mol. The summed E-state index contributed by atoms with van der Waals surface area (Å²) in [6.45, 7) is 0. The Hall–Kier alpha value is -4.27. The molecular formula is C23H21N7O2. The van der Waals surface area contributed by atoms with Crippen molar-refractivity contribution < 1.29 is 9.59 Å². The molecular weight excluding hydrogens is 406 g/mol. The Bertz CT molecular complexity index is 1250. The van der Waals surface area contributed by atoms with Crippen molar-refractivity contribution in [2.45, 2.75) is 25.3 Å². The molecule has 0 fully saturated rings. The van der Waals surface area contributed by atoms with E-state index in [0.717, 1.165) is 28.1 Å². The topological polar surface area (TPSA) is 128 Å². The third-order valence-corrected chi connectivity index (χ3v) is 5.45. The number of carbonyl (C=O) groups excluding carboxylic acids is 2. The summed E-state index contributed by atoms with van der Waals surface area (Å²) in [5, 5.41) is 20.7. The highest BCUT2D eigenvalue weighted by molar-refractivity contribution is 6.00. The Morgan fingerprint density at radius 1 is 1.09 bits per heavy atom. The number of carbonyl (C=O) groups is 2. The zero-order valence-electron chi connectivity index (χ0n) is 17.1. The van der Waals surface area contributed by atoms with Crippen LogP contribution < -0.4 is 10.6 Å². The number of nitrogens with one attached hydrogen (secondary N) is 4. The standard InChI is InChI=1S/C23H21N7O2/c31-22-19(9-7-15-13-16(6-8-17(15)25-22)18-10-11-24-28-18)26-23(32)21-27-20(29-30-21)12-14-4-2-1-3-5-14/h1-6,8,10-11,13,19H,7,9,12H2,(H,24,28)(H,25,31)(H,26,32)(H,27,29,30). The normalized spacial score (nSPS) is 15.5. The van der Waals surface area contributed by atoms with Crippen molar-refractivity contribution in [2.24, 2.45) is 0 Å². The number of nitrogens with zero attached hydrogens (tertiary/aromatic N) is 3. The van der Waals surface area contributed by atoms with Crippen LogP contribution in [0.4, 0.5) is 5.69 Å². The van der Waals surface area contributed by atoms with Gasteiger partial charge in [0.2, 0.25) is 11.7 Å². The maximum atomic E-state index is 12.7. The number of anilines is 1. The van der Waals surface area contributed by atoms with Gasteiger partial charge in [-0.3, -0.25) is 14.7 Å². The van der Waals surface area contributed by atoms with Crippen LogP contribution in [0.15, 0.2) is 60.8 Å². The van der Waals surface area contributed by atoms with Gasteiger partial charge in [-0.25, -0.2) is 0 Å². The lowest BCUT2D eigenvalue weighted by atomic mass is 10.0. The van der Waals surface area contributed by atoms with Crippen LogP contribution in [0.1, 0.15) is 34.0 Å². The molecule has 32 heavy (non-hydrogen) atoms. The SMILES string of the molecule is O=C(NC1CCc2cc(-c3cc[nH]n3)ccc2NC1=O)c1nnc(Cc2ccccc2)[nH]1. The second-order valence-corrected chi connectivity index (χ2v) is 7.67. The maximum absolute atomic E-state index is 12.7. The molecule has 4 aromatic rings. The zero-order valence-corrected chi connectivity index (χ0v) is 17.1. The molecule has 2 aromatic carbocycles. The molecule has 3 heterocycles. The summed E-state index contributed by atoms with van der Waals surface area (Å²) in [5.74, 6) is -0.0370. The van der Waals surface area contributed by atoms with Crippen LogP contribution in [0.3, 0.4) is 0 Å². The van der Waals surface area contributed by atoms with Crippen molar-refractivity contribution in [1.29, 1.82) is 0 Å². The molecule has 9 nitrogen and oxygen atoms in total. The van der Waals surface area contributed by atoms with Crippen LogP contribution in [0.2, 0.25) is 0 Å². The lowest BCUT2D eigenvalue weighted by molar-refractivity contribution is -0.118. The van der Waals surface area contributed by atoms with E-state index in [1.165, 1.54) is 0 Å². The van der Waals surface area contributed by atoms with Crippen LogP contribution in [0.5, 0.6) is 0 Å². The summed E-state index contributed by atoms with van der Waals surface area (Å²) >= 11 is 0. The first kappa shape index (κ1) is 19.7. The molecule has 2 aromatic heterocycles. The van der Waals surface area contributed by atoms with E-state index >= 15 is 0 Å². The number of aromatic nitrogens is 5. The van der Waals surface area contributed by atoms with E-state index < -0.39 is 11.9 Å². The molecule has 0 spiro atoms. The number of fused-ring (bicyclic) bond motifs is 1. The van der Waals surface area contributed by atoms with Gasteiger partial charge in [0.1, 0.15) is 11.9 Å². The number of rotatable bonds is 5. The summed E-state index contributed by atoms with van der Waals surface area (Å²) < 4.78 is 0. The predicted octanol–water partition coefficient (Wildman–Crippen LogP) is 2.47. The van der Waals surface area contributed by atoms with Crippen molar-refractivity contribution in [3.63, 3.8) is 0 Å². The molecule has 0 saturated carbocycles. The van der Waals surface area contributed by atoms with Crippen LogP contribution in [-0.4, -0.2) is 43.2 Å². The third kappa shape index (κ3) is 4.13. The Morgan fingerprint density at radius 2 is 1.97 bits per heavy atom. The van der Waals surface area contributed by atoms with Crippen LogP contribution in [0.25, 0.3) is 11.3 Å². The smallest absolute Gasteiger partial charge is 0.289 e. The molecule has 9 heteroatoms. The van der Waals surface area contributed by atoms with Gasteiger partial charge >= 0.3 is 0 Å². The summed E-state index contributed by atoms with van der Waals surface area (Å²) in [4.78, 5) is 28.3. The second-order valence-electron chi connectivity index (χ2n) is 7.67. The Balaban J connectivity index is 1.26. The molecule has 5 rings (SSSR count). The van der Waals surface area contributed by atoms with Gasteiger partial charge in [-0.1, -0.05) is 36.4 Å². The lowest BCUT2D eigenvalue weighted by Crippen LogP contribution is -2.43. The maximum Gasteiger partial charge on any atom is 0.289 e. The molecule has 1 aliphatic heterocycles. The molecule has 0 aliphatic carbocycles. The quantitative estimate of drug-likeness (QED) is 0.389. The number of amides is 2. The molecule has 2 amide bonds. The average molecular weight is 427 g/mol. The van der Waals surface area contributed by atoms with Crippen molar-refractivity contribution in [1.82, 2.24) is 30.7 Å². The minimum Gasteiger partial charge on any atom is -0.337 e. The summed E-state index contributed by atoms with van der Waals surface area (Å²) in [6, 6.07) is 16.8. The van der Waals surface area contributed by atoms with Crippen LogP contribution in [0, 0.1) is 0 Å². The lowest BCUT2D eigenvalue weighted by Gasteiger charge is -2.14. The van der Waals surface area contributed by atoms with E-state index in [2.05, 4.69) is 36.0 Å². The van der Waals surface area contributed by atoms with Gasteiger partial charge in [0.25, 0.3) is 5.91 Å². The number of benzene rings is 2. The molecule has 0 bridgehead atoms. The van der Waals surface area contributed by atoms with E-state index in [-0.39, 0.29) is 11.7 Å². The largest absolute Gasteiger partial charge is 0.337 e. The Labute approximate surface area is 183 Å². The molecule has 4 N–H and O–H groups in total. The molecule has 160 valence electrons. The summed E-state index contributed by atoms with van der Waals surface area (Å²) in [5.41, 5.74) is 4.61. The first-order valence-electron chi connectivity index (χ1n) is 10.4. The van der Waals surface area contributed by atoms with Gasteiger partial charge in [0.15, 0.2) is 0 Å². The fraction of sp³-hybridized carbons (Fsp3) is 0.174. The van der Waals surface area contributed by atoms with E-state index in [1.54, 1.807) is 6.20 Å². The average Bonchev–Trinajstić information content (AvgIpc) is 3.48. The summed E-state index contributed by atoms with van der Waals surface area (Å²) in [7, 11) is 0. The summed E-state index contributed by atoms with van der Waals surface area (Å²) in [6.07, 6.45) is 3.41. The van der Waals surface area contributed by atoms with E-state index in [4.69, 9.17) is 0 Å². The van der Waals surface area contributed by atoms with Gasteiger partial charge in [-0.15, -0.1) is 10.2 Å². The molecule has 0 radical (unpaired) electrons. The number of H-pyrrole nitrogens is 2. The van der Waals surface area contributed by atoms with Crippen LogP contribution >= 0.6 is 0 Å². The van der Waals surface area contributed by atoms with Crippen molar-refractivity contribution in [2.75, 3.05) is 5.32 Å². The molecule has 1 aliphatic rings. The third-order valence-electron chi connectivity index (χ3n) is 5.45. The Kier molecular flexibility index (Phi) is 5.20. The number of hydrogen-bond donors (Lipinski definition) is 4. The number of hydrogen-bond acceptors (Lipinski definition) is 5. The minimum absolute atomic E-state index is 0.0892. The second kappa shape index (κ2) is 8.46. The van der Waals surface area contributed by atoms with Crippen molar-refractivity contribution >= 4 is 17.5 Å². The van der Waals surface area contributed by atoms with Crippen molar-refractivity contribution in [3.05, 3.63) is 83.6 Å². The zero-order chi connectivity index (χ0) is 21.9. The van der Waals surface area contributed by atoms with Crippen LogP contribution in [-0.2, 0) is 17.6 Å². The first-order valence-corrected chi connectivity index (χ1v) is 10.4. The van der Waals surface area contributed by atoms with E-state index in [9.17, 15) is 9.59 Å². The van der Waals surface area contributed by atoms with Gasteiger partial charge in [0, 0.05) is 23.9 Å². The fourth-order valence-corrected chi connectivity index (χ4v) is 3.79. The van der Waals surface area contributed by atoms with E-state index in [1.807, 2.05) is 54.6 Å². The molecule has 0 saturated heterocycles. The number of aryl methyl sites for hydroxylation is 1. The molecule has 1 unspecified atom stereocenters. The first-order chi connectivity index (χ1) is 15.7. The van der Waals surface area contributed by atoms with E-state index in [0.29, 0.717) is 25.1 Å². The number of aromatic amines is 2. The highest BCUT2D eigenvalue weighted by Gasteiger charge is 2.27. The highest BCUT2D eigenvalue weighted by atomic mass is 16.2. The van der Waals surface area contributed by atoms with Gasteiger partial charge in [0.05, 0.1) is 5.69 Å². The minimum atomic E-state index is -0.675.